The van der Waals surface area contributed by atoms with Crippen LogP contribution in [0.15, 0.2) is 42.5 Å². The molecule has 1 aliphatic carbocycles. The molecule has 1 aliphatic rings. The minimum Gasteiger partial charge on any atom is -0.457 e. The van der Waals surface area contributed by atoms with Gasteiger partial charge in [0.2, 0.25) is 0 Å². The number of hydrogen-bond donors (Lipinski definition) is 1. The summed E-state index contributed by atoms with van der Waals surface area (Å²) in [6.45, 7) is 2.76. The van der Waals surface area contributed by atoms with Crippen LogP contribution in [0.25, 0.3) is 0 Å². The van der Waals surface area contributed by atoms with Gasteiger partial charge in [-0.05, 0) is 49.1 Å². The summed E-state index contributed by atoms with van der Waals surface area (Å²) in [7, 11) is 0. The second-order valence-electron chi connectivity index (χ2n) is 5.31. The van der Waals surface area contributed by atoms with Gasteiger partial charge in [-0.25, -0.2) is 4.39 Å². The van der Waals surface area contributed by atoms with Gasteiger partial charge in [0.05, 0.1) is 0 Å². The highest BCUT2D eigenvalue weighted by atomic mass is 19.1. The molecule has 3 heteroatoms. The van der Waals surface area contributed by atoms with Crippen molar-refractivity contribution in [1.29, 1.82) is 0 Å². The van der Waals surface area contributed by atoms with Crippen molar-refractivity contribution >= 4 is 0 Å². The average molecular weight is 271 g/mol. The van der Waals surface area contributed by atoms with E-state index in [2.05, 4.69) is 11.4 Å². The first-order chi connectivity index (χ1) is 9.70. The Labute approximate surface area is 118 Å². The first kappa shape index (κ1) is 13.1. The third kappa shape index (κ3) is 3.36. The molecule has 0 saturated heterocycles. The Morgan fingerprint density at radius 2 is 2.05 bits per heavy atom. The second kappa shape index (κ2) is 5.63. The van der Waals surface area contributed by atoms with Gasteiger partial charge in [0, 0.05) is 18.7 Å². The van der Waals surface area contributed by atoms with Gasteiger partial charge in [-0.2, -0.15) is 0 Å². The Bertz CT molecular complexity index is 608. The lowest BCUT2D eigenvalue weighted by Crippen LogP contribution is -2.15. The van der Waals surface area contributed by atoms with Crippen LogP contribution in [0, 0.1) is 12.7 Å². The highest BCUT2D eigenvalue weighted by molar-refractivity contribution is 5.38. The standard InChI is InChI=1S/C17H18FNO/c1-12-5-6-14(18)10-17(12)20-16-4-2-3-13(9-16)11-19-15-7-8-15/h2-6,9-10,15,19H,7-8,11H2,1H3. The van der Waals surface area contributed by atoms with E-state index in [1.807, 2.05) is 25.1 Å². The molecule has 0 spiro atoms. The molecular formula is C17H18FNO. The minimum atomic E-state index is -0.280. The van der Waals surface area contributed by atoms with Gasteiger partial charge in [0.1, 0.15) is 17.3 Å². The van der Waals surface area contributed by atoms with E-state index in [-0.39, 0.29) is 5.82 Å². The number of aryl methyl sites for hydroxylation is 1. The topological polar surface area (TPSA) is 21.3 Å². The van der Waals surface area contributed by atoms with Crippen LogP contribution in [0.1, 0.15) is 24.0 Å². The van der Waals surface area contributed by atoms with E-state index >= 15 is 0 Å². The monoisotopic (exact) mass is 271 g/mol. The molecule has 0 aromatic heterocycles. The van der Waals surface area contributed by atoms with Crippen molar-refractivity contribution in [2.75, 3.05) is 0 Å². The summed E-state index contributed by atoms with van der Waals surface area (Å²) in [5, 5.41) is 3.47. The molecule has 0 atom stereocenters. The summed E-state index contributed by atoms with van der Waals surface area (Å²) in [6.07, 6.45) is 2.55. The zero-order valence-electron chi connectivity index (χ0n) is 11.5. The minimum absolute atomic E-state index is 0.280. The Morgan fingerprint density at radius 1 is 1.20 bits per heavy atom. The van der Waals surface area contributed by atoms with Crippen molar-refractivity contribution in [3.63, 3.8) is 0 Å². The summed E-state index contributed by atoms with van der Waals surface area (Å²) in [6, 6.07) is 13.2. The van der Waals surface area contributed by atoms with E-state index in [1.54, 1.807) is 6.07 Å². The summed E-state index contributed by atoms with van der Waals surface area (Å²) >= 11 is 0. The number of rotatable bonds is 5. The predicted octanol–water partition coefficient (Wildman–Crippen LogP) is 4.18. The largest absolute Gasteiger partial charge is 0.457 e. The molecule has 1 saturated carbocycles. The van der Waals surface area contributed by atoms with Gasteiger partial charge in [-0.15, -0.1) is 0 Å². The third-order valence-electron chi connectivity index (χ3n) is 3.45. The van der Waals surface area contributed by atoms with Crippen LogP contribution < -0.4 is 10.1 Å². The van der Waals surface area contributed by atoms with E-state index in [1.165, 1.54) is 30.5 Å². The van der Waals surface area contributed by atoms with E-state index in [9.17, 15) is 4.39 Å². The van der Waals surface area contributed by atoms with Gasteiger partial charge in [-0.1, -0.05) is 18.2 Å². The molecule has 20 heavy (non-hydrogen) atoms. The van der Waals surface area contributed by atoms with Crippen molar-refractivity contribution in [3.8, 4) is 11.5 Å². The summed E-state index contributed by atoms with van der Waals surface area (Å²) in [5.41, 5.74) is 2.11. The Morgan fingerprint density at radius 3 is 2.85 bits per heavy atom. The fourth-order valence-electron chi connectivity index (χ4n) is 2.08. The zero-order chi connectivity index (χ0) is 13.9. The number of nitrogens with one attached hydrogen (secondary N) is 1. The van der Waals surface area contributed by atoms with Crippen molar-refractivity contribution in [2.24, 2.45) is 0 Å². The molecule has 0 bridgehead atoms. The highest BCUT2D eigenvalue weighted by Gasteiger charge is 2.19. The van der Waals surface area contributed by atoms with Gasteiger partial charge in [0.25, 0.3) is 0 Å². The van der Waals surface area contributed by atoms with Crippen LogP contribution in [-0.4, -0.2) is 6.04 Å². The normalized spacial score (nSPS) is 14.3. The fraction of sp³-hybridized carbons (Fsp3) is 0.294. The van der Waals surface area contributed by atoms with E-state index < -0.39 is 0 Å². The lowest BCUT2D eigenvalue weighted by atomic mass is 10.2. The smallest absolute Gasteiger partial charge is 0.133 e. The van der Waals surface area contributed by atoms with Crippen molar-refractivity contribution in [2.45, 2.75) is 32.4 Å². The van der Waals surface area contributed by atoms with Crippen molar-refractivity contribution in [3.05, 3.63) is 59.4 Å². The summed E-state index contributed by atoms with van der Waals surface area (Å²) in [4.78, 5) is 0. The third-order valence-corrected chi connectivity index (χ3v) is 3.45. The number of benzene rings is 2. The maximum atomic E-state index is 13.3. The lowest BCUT2D eigenvalue weighted by molar-refractivity contribution is 0.472. The van der Waals surface area contributed by atoms with Crippen LogP contribution in [-0.2, 0) is 6.54 Å². The Hall–Kier alpha value is -1.87. The molecule has 104 valence electrons. The molecule has 0 unspecified atom stereocenters. The lowest BCUT2D eigenvalue weighted by Gasteiger charge is -2.10. The Kier molecular flexibility index (Phi) is 3.70. The number of hydrogen-bond acceptors (Lipinski definition) is 2. The molecule has 0 aliphatic heterocycles. The predicted molar refractivity (Wildman–Crippen MR) is 77.5 cm³/mol. The zero-order valence-corrected chi connectivity index (χ0v) is 11.5. The first-order valence-corrected chi connectivity index (χ1v) is 6.97. The molecule has 0 radical (unpaired) electrons. The van der Waals surface area contributed by atoms with E-state index in [4.69, 9.17) is 4.74 Å². The molecule has 1 N–H and O–H groups in total. The molecule has 0 amide bonds. The second-order valence-corrected chi connectivity index (χ2v) is 5.31. The van der Waals surface area contributed by atoms with Gasteiger partial charge in [-0.3, -0.25) is 0 Å². The van der Waals surface area contributed by atoms with Gasteiger partial charge in [0.15, 0.2) is 0 Å². The molecule has 2 aromatic rings. The van der Waals surface area contributed by atoms with Crippen LogP contribution >= 0.6 is 0 Å². The fourth-order valence-corrected chi connectivity index (χ4v) is 2.08. The maximum absolute atomic E-state index is 13.3. The quantitative estimate of drug-likeness (QED) is 0.881. The van der Waals surface area contributed by atoms with E-state index in [0.717, 1.165) is 17.9 Å². The molecule has 0 heterocycles. The van der Waals surface area contributed by atoms with Crippen LogP contribution in [0.4, 0.5) is 4.39 Å². The maximum Gasteiger partial charge on any atom is 0.133 e. The molecular weight excluding hydrogens is 253 g/mol. The van der Waals surface area contributed by atoms with Crippen LogP contribution in [0.3, 0.4) is 0 Å². The average Bonchev–Trinajstić information content (AvgIpc) is 3.25. The van der Waals surface area contributed by atoms with Crippen LogP contribution in [0.5, 0.6) is 11.5 Å². The summed E-state index contributed by atoms with van der Waals surface area (Å²) in [5.74, 6) is 1.03. The molecule has 3 rings (SSSR count). The Balaban J connectivity index is 1.72. The molecule has 2 nitrogen and oxygen atoms in total. The molecule has 1 fully saturated rings. The number of ether oxygens (including phenoxy) is 1. The molecule has 2 aromatic carbocycles. The van der Waals surface area contributed by atoms with Gasteiger partial charge >= 0.3 is 0 Å². The number of halogens is 1. The van der Waals surface area contributed by atoms with Crippen molar-refractivity contribution < 1.29 is 9.13 Å². The van der Waals surface area contributed by atoms with Crippen LogP contribution in [0.2, 0.25) is 0 Å². The summed E-state index contributed by atoms with van der Waals surface area (Å²) < 4.78 is 19.0. The highest BCUT2D eigenvalue weighted by Crippen LogP contribution is 2.26. The van der Waals surface area contributed by atoms with Crippen molar-refractivity contribution in [1.82, 2.24) is 5.32 Å². The van der Waals surface area contributed by atoms with Gasteiger partial charge < -0.3 is 10.1 Å². The SMILES string of the molecule is Cc1ccc(F)cc1Oc1cccc(CNC2CC2)c1. The van der Waals surface area contributed by atoms with E-state index in [0.29, 0.717) is 11.8 Å². The first-order valence-electron chi connectivity index (χ1n) is 6.97.